The van der Waals surface area contributed by atoms with Crippen LogP contribution < -0.4 is 9.62 Å². The van der Waals surface area contributed by atoms with Gasteiger partial charge in [-0.2, -0.15) is 0 Å². The summed E-state index contributed by atoms with van der Waals surface area (Å²) < 4.78 is 33.7. The lowest BCUT2D eigenvalue weighted by molar-refractivity contribution is 0.102. The first-order valence-corrected chi connectivity index (χ1v) is 14.4. The highest BCUT2D eigenvalue weighted by molar-refractivity contribution is 7.99. The second-order valence-electron chi connectivity index (χ2n) is 8.54. The summed E-state index contributed by atoms with van der Waals surface area (Å²) in [7, 11) is -3.75. The van der Waals surface area contributed by atoms with Crippen molar-refractivity contribution in [2.75, 3.05) is 21.9 Å². The number of amides is 1. The predicted molar refractivity (Wildman–Crippen MR) is 144 cm³/mol. The number of anilines is 2. The van der Waals surface area contributed by atoms with Crippen molar-refractivity contribution in [3.63, 3.8) is 0 Å². The normalized spacial score (nSPS) is 13.3. The molecule has 0 saturated carbocycles. The number of hydrogen-bond donors (Lipinski definition) is 1. The maximum absolute atomic E-state index is 13.3. The molecule has 8 nitrogen and oxygen atoms in total. The van der Waals surface area contributed by atoms with Crippen LogP contribution in [0.3, 0.4) is 0 Å². The number of rotatable bonds is 8. The monoisotopic (exact) mass is 534 g/mol. The Morgan fingerprint density at radius 3 is 2.54 bits per heavy atom. The summed E-state index contributed by atoms with van der Waals surface area (Å²) >= 11 is 1.77. The van der Waals surface area contributed by atoms with E-state index in [-0.39, 0.29) is 16.5 Å². The third-order valence-corrected chi connectivity index (χ3v) is 8.77. The van der Waals surface area contributed by atoms with E-state index in [4.69, 9.17) is 4.42 Å². The van der Waals surface area contributed by atoms with E-state index in [0.717, 1.165) is 29.7 Å². The fraction of sp³-hybridized carbons (Fsp3) is 0.222. The van der Waals surface area contributed by atoms with Crippen LogP contribution in [-0.4, -0.2) is 36.8 Å². The molecule has 0 spiro atoms. The molecular formula is C27H26N4O4S2. The zero-order chi connectivity index (χ0) is 25.8. The van der Waals surface area contributed by atoms with Crippen molar-refractivity contribution in [2.24, 2.45) is 0 Å². The zero-order valence-corrected chi connectivity index (χ0v) is 21.9. The second kappa shape index (κ2) is 10.8. The molecule has 0 aliphatic carbocycles. The number of aryl methyl sites for hydroxylation is 1. The molecule has 0 saturated heterocycles. The molecule has 2 heterocycles. The molecule has 5 rings (SSSR count). The molecule has 1 amide bonds. The highest BCUT2D eigenvalue weighted by atomic mass is 32.2. The van der Waals surface area contributed by atoms with Crippen molar-refractivity contribution in [1.82, 2.24) is 10.2 Å². The first kappa shape index (κ1) is 25.0. The second-order valence-corrected chi connectivity index (χ2v) is 11.7. The molecule has 0 unspecified atom stereocenters. The van der Waals surface area contributed by atoms with E-state index in [0.29, 0.717) is 24.5 Å². The van der Waals surface area contributed by atoms with E-state index in [2.05, 4.69) is 34.6 Å². The van der Waals surface area contributed by atoms with Gasteiger partial charge in [-0.1, -0.05) is 42.4 Å². The number of fused-ring (bicyclic) bond motifs is 1. The minimum Gasteiger partial charge on any atom is -0.407 e. The lowest BCUT2D eigenvalue weighted by atomic mass is 10.0. The number of aromatic nitrogens is 2. The van der Waals surface area contributed by atoms with Gasteiger partial charge in [0, 0.05) is 17.0 Å². The minimum atomic E-state index is -3.75. The van der Waals surface area contributed by atoms with Gasteiger partial charge in [-0.15, -0.1) is 16.9 Å². The van der Waals surface area contributed by atoms with Crippen molar-refractivity contribution in [1.29, 1.82) is 0 Å². The number of hydrogen-bond acceptors (Lipinski definition) is 7. The van der Waals surface area contributed by atoms with Gasteiger partial charge in [-0.25, -0.2) is 8.42 Å². The number of nitrogens with one attached hydrogen (secondary N) is 1. The Morgan fingerprint density at radius 1 is 1.03 bits per heavy atom. The Kier molecular flexibility index (Phi) is 7.29. The van der Waals surface area contributed by atoms with Gasteiger partial charge in [0.05, 0.1) is 17.0 Å². The van der Waals surface area contributed by atoms with Gasteiger partial charge in [0.2, 0.25) is 5.89 Å². The van der Waals surface area contributed by atoms with Crippen molar-refractivity contribution >= 4 is 39.4 Å². The number of thioether (sulfide) groups is 1. The van der Waals surface area contributed by atoms with E-state index in [9.17, 15) is 13.2 Å². The van der Waals surface area contributed by atoms with Crippen LogP contribution >= 0.6 is 11.8 Å². The maximum atomic E-state index is 13.3. The lowest BCUT2D eigenvalue weighted by Gasteiger charge is -2.30. The summed E-state index contributed by atoms with van der Waals surface area (Å²) in [6, 6.07) is 21.5. The van der Waals surface area contributed by atoms with Crippen LogP contribution in [0.5, 0.6) is 0 Å². The number of nitrogens with zero attached hydrogens (tertiary/aromatic N) is 3. The largest absolute Gasteiger partial charge is 0.407 e. The fourth-order valence-corrected chi connectivity index (χ4v) is 6.45. The molecule has 1 aliphatic heterocycles. The Labute approximate surface area is 220 Å². The van der Waals surface area contributed by atoms with E-state index in [1.54, 1.807) is 11.8 Å². The van der Waals surface area contributed by atoms with Crippen LogP contribution in [0.4, 0.5) is 11.7 Å². The third-order valence-electron chi connectivity index (χ3n) is 6.05. The highest BCUT2D eigenvalue weighted by Gasteiger charge is 2.29. The molecule has 3 aromatic carbocycles. The molecule has 0 radical (unpaired) electrons. The molecule has 0 atom stereocenters. The van der Waals surface area contributed by atoms with Crippen molar-refractivity contribution in [3.8, 4) is 0 Å². The quantitative estimate of drug-likeness (QED) is 0.311. The van der Waals surface area contributed by atoms with Crippen molar-refractivity contribution < 1.29 is 17.6 Å². The third kappa shape index (κ3) is 5.55. The summed E-state index contributed by atoms with van der Waals surface area (Å²) in [6.07, 6.45) is 2.06. The average molecular weight is 535 g/mol. The van der Waals surface area contributed by atoms with Crippen LogP contribution in [0.25, 0.3) is 0 Å². The molecule has 37 heavy (non-hydrogen) atoms. The Hall–Kier alpha value is -3.63. The maximum Gasteiger partial charge on any atom is 0.322 e. The van der Waals surface area contributed by atoms with Crippen LogP contribution in [0.2, 0.25) is 0 Å². The first-order valence-electron chi connectivity index (χ1n) is 12.0. The molecule has 1 aliphatic rings. The standard InChI is InChI=1S/C27H26N4O4S2/c1-2-36-22-13-9-19(10-14-22)18-25-29-30-27(35-25)28-26(32)21-11-15-23(16-12-21)37(33,34)31-17-5-7-20-6-3-4-8-24(20)31/h3-4,6,8-16H,2,5,7,17-18H2,1H3,(H,28,30,32). The van der Waals surface area contributed by atoms with Crippen molar-refractivity contribution in [2.45, 2.75) is 36.0 Å². The Balaban J connectivity index is 1.24. The van der Waals surface area contributed by atoms with E-state index >= 15 is 0 Å². The van der Waals surface area contributed by atoms with Crippen LogP contribution in [0, 0.1) is 0 Å². The van der Waals surface area contributed by atoms with Crippen LogP contribution in [-0.2, 0) is 22.9 Å². The molecule has 10 heteroatoms. The molecular weight excluding hydrogens is 508 g/mol. The SMILES string of the molecule is CCSc1ccc(Cc2nnc(NC(=O)c3ccc(S(=O)(=O)N4CCCc5ccccc54)cc3)o2)cc1. The number of carbonyl (C=O) groups excluding carboxylic acids is 1. The summed E-state index contributed by atoms with van der Waals surface area (Å²) in [5, 5.41) is 10.5. The Bertz CT molecular complexity index is 1500. The fourth-order valence-electron chi connectivity index (χ4n) is 4.24. The minimum absolute atomic E-state index is 0.0141. The lowest BCUT2D eigenvalue weighted by Crippen LogP contribution is -2.35. The number of sulfonamides is 1. The molecule has 0 bridgehead atoms. The molecule has 190 valence electrons. The van der Waals surface area contributed by atoms with Gasteiger partial charge < -0.3 is 4.42 Å². The first-order chi connectivity index (χ1) is 17.9. The van der Waals surface area contributed by atoms with Gasteiger partial charge in [-0.3, -0.25) is 14.4 Å². The van der Waals surface area contributed by atoms with Gasteiger partial charge in [0.25, 0.3) is 15.9 Å². The molecule has 1 N–H and O–H groups in total. The molecule has 4 aromatic rings. The number of benzene rings is 3. The van der Waals surface area contributed by atoms with Gasteiger partial charge >= 0.3 is 6.01 Å². The topological polar surface area (TPSA) is 105 Å². The van der Waals surface area contributed by atoms with Gasteiger partial charge in [-0.05, 0) is 72.2 Å². The van der Waals surface area contributed by atoms with E-state index < -0.39 is 15.9 Å². The van der Waals surface area contributed by atoms with Gasteiger partial charge in [0.1, 0.15) is 0 Å². The summed E-state index contributed by atoms with van der Waals surface area (Å²) in [4.78, 5) is 14.0. The summed E-state index contributed by atoms with van der Waals surface area (Å²) in [6.45, 7) is 2.53. The number of carbonyl (C=O) groups is 1. The van der Waals surface area contributed by atoms with Crippen molar-refractivity contribution in [3.05, 3.63) is 95.4 Å². The van der Waals surface area contributed by atoms with E-state index in [1.165, 1.54) is 33.5 Å². The smallest absolute Gasteiger partial charge is 0.322 e. The average Bonchev–Trinajstić information content (AvgIpc) is 3.36. The molecule has 0 fully saturated rings. The predicted octanol–water partition coefficient (Wildman–Crippen LogP) is 5.17. The number of para-hydroxylation sites is 1. The van der Waals surface area contributed by atoms with E-state index in [1.807, 2.05) is 36.4 Å². The molecule has 1 aromatic heterocycles. The van der Waals surface area contributed by atoms with Crippen LogP contribution in [0.1, 0.15) is 40.7 Å². The Morgan fingerprint density at radius 2 is 1.78 bits per heavy atom. The van der Waals surface area contributed by atoms with Crippen LogP contribution in [0.15, 0.2) is 87.0 Å². The zero-order valence-electron chi connectivity index (χ0n) is 20.3. The summed E-state index contributed by atoms with van der Waals surface area (Å²) in [5.74, 6) is 0.926. The highest BCUT2D eigenvalue weighted by Crippen LogP contribution is 2.31. The van der Waals surface area contributed by atoms with Gasteiger partial charge in [0.15, 0.2) is 0 Å². The summed E-state index contributed by atoms with van der Waals surface area (Å²) in [5.41, 5.74) is 3.02.